The molecular formula is C31H28ClF5N4O4. The number of morpholine rings is 1. The van der Waals surface area contributed by atoms with E-state index in [-0.39, 0.29) is 31.0 Å². The molecule has 1 fully saturated rings. The van der Waals surface area contributed by atoms with E-state index in [4.69, 9.17) is 21.1 Å². The zero-order valence-corrected chi connectivity index (χ0v) is 24.5. The van der Waals surface area contributed by atoms with Crippen molar-refractivity contribution in [2.45, 2.75) is 31.8 Å². The maximum absolute atomic E-state index is 13.7. The van der Waals surface area contributed by atoms with Crippen LogP contribution in [0.2, 0.25) is 5.02 Å². The van der Waals surface area contributed by atoms with Crippen molar-refractivity contribution in [2.24, 2.45) is 0 Å². The van der Waals surface area contributed by atoms with Crippen LogP contribution < -0.4 is 9.47 Å². The minimum absolute atomic E-state index is 0.0759. The van der Waals surface area contributed by atoms with Crippen molar-refractivity contribution in [1.29, 1.82) is 0 Å². The number of aromatic nitrogens is 2. The number of ether oxygens (including phenoxy) is 3. The lowest BCUT2D eigenvalue weighted by Crippen LogP contribution is -2.43. The monoisotopic (exact) mass is 650 g/mol. The summed E-state index contributed by atoms with van der Waals surface area (Å²) in [7, 11) is 0. The summed E-state index contributed by atoms with van der Waals surface area (Å²) in [4.78, 5) is 21.9. The van der Waals surface area contributed by atoms with E-state index in [1.54, 1.807) is 12.1 Å². The van der Waals surface area contributed by atoms with Gasteiger partial charge in [-0.15, -0.1) is 0 Å². The van der Waals surface area contributed by atoms with Gasteiger partial charge >= 0.3 is 12.8 Å². The maximum Gasteiger partial charge on any atom is 0.416 e. The molecule has 0 saturated carbocycles. The van der Waals surface area contributed by atoms with Crippen molar-refractivity contribution in [3.05, 3.63) is 93.9 Å². The number of carbonyl (C=O) groups excluding carboxylic acids is 1. The molecule has 2 aliphatic heterocycles. The molecule has 0 spiro atoms. The number of fused-ring (bicyclic) bond motifs is 3. The van der Waals surface area contributed by atoms with Crippen LogP contribution in [0.4, 0.5) is 22.0 Å². The smallest absolute Gasteiger partial charge is 0.416 e. The highest BCUT2D eigenvalue weighted by Crippen LogP contribution is 2.38. The first kappa shape index (κ1) is 31.1. The van der Waals surface area contributed by atoms with E-state index in [1.807, 2.05) is 6.07 Å². The minimum Gasteiger partial charge on any atom is -0.482 e. The second kappa shape index (κ2) is 12.8. The summed E-state index contributed by atoms with van der Waals surface area (Å²) in [6.07, 6.45) is -3.01. The summed E-state index contributed by atoms with van der Waals surface area (Å²) in [6.45, 7) is 0.496. The second-order valence-corrected chi connectivity index (χ2v) is 11.1. The summed E-state index contributed by atoms with van der Waals surface area (Å²) in [6, 6.07) is 12.2. The van der Waals surface area contributed by atoms with Gasteiger partial charge in [-0.2, -0.15) is 22.0 Å². The van der Waals surface area contributed by atoms with Gasteiger partial charge in [0.2, 0.25) is 0 Å². The average Bonchev–Trinajstić information content (AvgIpc) is 3.38. The number of alkyl halides is 5. The number of pyridine rings is 1. The molecule has 14 heteroatoms. The van der Waals surface area contributed by atoms with Gasteiger partial charge in [0.25, 0.3) is 5.91 Å². The lowest BCUT2D eigenvalue weighted by atomic mass is 9.95. The van der Waals surface area contributed by atoms with Crippen molar-refractivity contribution in [1.82, 2.24) is 19.2 Å². The number of amides is 1. The van der Waals surface area contributed by atoms with Crippen LogP contribution in [0.15, 0.2) is 60.8 Å². The molecule has 1 amide bonds. The summed E-state index contributed by atoms with van der Waals surface area (Å²) in [5.41, 5.74) is 1.76. The van der Waals surface area contributed by atoms with Gasteiger partial charge in [-0.05, 0) is 47.5 Å². The number of benzene rings is 2. The summed E-state index contributed by atoms with van der Waals surface area (Å²) >= 11 is 6.50. The number of imidazole rings is 1. The molecule has 4 aromatic rings. The van der Waals surface area contributed by atoms with Crippen molar-refractivity contribution in [3.8, 4) is 11.5 Å². The molecule has 8 nitrogen and oxygen atoms in total. The fourth-order valence-electron chi connectivity index (χ4n) is 5.70. The summed E-state index contributed by atoms with van der Waals surface area (Å²) in [5, 5.41) is 0.350. The lowest BCUT2D eigenvalue weighted by Gasteiger charge is -2.36. The van der Waals surface area contributed by atoms with E-state index in [1.165, 1.54) is 39.8 Å². The molecule has 1 saturated heterocycles. The first-order chi connectivity index (χ1) is 21.6. The quantitative estimate of drug-likeness (QED) is 0.218. The van der Waals surface area contributed by atoms with Crippen LogP contribution in [0, 0.1) is 0 Å². The van der Waals surface area contributed by atoms with Gasteiger partial charge in [0.15, 0.2) is 6.61 Å². The molecule has 4 heterocycles. The Hall–Kier alpha value is -3.94. The highest BCUT2D eigenvalue weighted by molar-refractivity contribution is 6.32. The van der Waals surface area contributed by atoms with Crippen LogP contribution in [-0.4, -0.2) is 71.2 Å². The fraction of sp³-hybridized carbons (Fsp3) is 0.355. The van der Waals surface area contributed by atoms with Crippen molar-refractivity contribution in [3.63, 3.8) is 0 Å². The number of rotatable bonds is 8. The first-order valence-corrected chi connectivity index (χ1v) is 14.6. The summed E-state index contributed by atoms with van der Waals surface area (Å²) < 4.78 is 83.1. The lowest BCUT2D eigenvalue weighted by molar-refractivity contribution is -0.137. The third-order valence-corrected chi connectivity index (χ3v) is 8.12. The largest absolute Gasteiger partial charge is 0.482 e. The van der Waals surface area contributed by atoms with Crippen LogP contribution in [0.3, 0.4) is 0 Å². The molecule has 6 rings (SSSR count). The maximum atomic E-state index is 13.7. The number of nitrogens with zero attached hydrogens (tertiary/aromatic N) is 4. The van der Waals surface area contributed by atoms with Crippen LogP contribution in [0.1, 0.15) is 34.1 Å². The third kappa shape index (κ3) is 6.85. The highest BCUT2D eigenvalue weighted by atomic mass is 35.5. The zero-order valence-electron chi connectivity index (χ0n) is 23.8. The molecule has 0 radical (unpaired) electrons. The SMILES string of the molecule is O=C(COc1ccc(CN2CCOCC2)cc1Cl)N1CCc2nc3cc(C(F)(F)F)ccn3c2C1c1ccc(OC(F)F)cc1. The van der Waals surface area contributed by atoms with Gasteiger partial charge < -0.3 is 23.5 Å². The predicted molar refractivity (Wildman–Crippen MR) is 154 cm³/mol. The first-order valence-electron chi connectivity index (χ1n) is 14.2. The van der Waals surface area contributed by atoms with Crippen molar-refractivity contribution >= 4 is 23.2 Å². The molecule has 0 N–H and O–H groups in total. The normalized spacial score (nSPS) is 17.5. The predicted octanol–water partition coefficient (Wildman–Crippen LogP) is 5.99. The van der Waals surface area contributed by atoms with E-state index in [9.17, 15) is 26.7 Å². The molecule has 238 valence electrons. The molecule has 2 aromatic carbocycles. The standard InChI is InChI=1S/C31H28ClF5N4O4/c32-23-15-19(17-39-11-13-43-14-12-39)1-6-25(23)44-18-27(42)41-10-8-24-29(28(41)20-2-4-22(5-3-20)45-30(33)34)40-9-7-21(31(35,36)37)16-26(40)38-24/h1-7,9,15-16,28,30H,8,10-14,17-18H2. The van der Waals surface area contributed by atoms with Crippen LogP contribution in [0.5, 0.6) is 11.5 Å². The van der Waals surface area contributed by atoms with Crippen LogP contribution in [-0.2, 0) is 28.7 Å². The van der Waals surface area contributed by atoms with Crippen molar-refractivity contribution in [2.75, 3.05) is 39.5 Å². The van der Waals surface area contributed by atoms with Crippen LogP contribution >= 0.6 is 11.6 Å². The number of hydrogen-bond donors (Lipinski definition) is 0. The Morgan fingerprint density at radius 1 is 1.04 bits per heavy atom. The number of hydrogen-bond acceptors (Lipinski definition) is 6. The Kier molecular flexibility index (Phi) is 8.85. The topological polar surface area (TPSA) is 68.5 Å². The highest BCUT2D eigenvalue weighted by Gasteiger charge is 2.37. The molecule has 45 heavy (non-hydrogen) atoms. The van der Waals surface area contributed by atoms with Gasteiger partial charge in [0.05, 0.1) is 41.2 Å². The van der Waals surface area contributed by atoms with Gasteiger partial charge in [0.1, 0.15) is 17.1 Å². The van der Waals surface area contributed by atoms with Crippen molar-refractivity contribution < 1.29 is 41.0 Å². The van der Waals surface area contributed by atoms with E-state index in [2.05, 4.69) is 14.6 Å². The molecule has 0 bridgehead atoms. The minimum atomic E-state index is -4.56. The Balaban J connectivity index is 1.26. The molecule has 1 unspecified atom stereocenters. The van der Waals surface area contributed by atoms with Gasteiger partial charge in [-0.25, -0.2) is 4.98 Å². The number of halogens is 6. The number of carbonyl (C=O) groups is 1. The van der Waals surface area contributed by atoms with Crippen LogP contribution in [0.25, 0.3) is 5.65 Å². The van der Waals surface area contributed by atoms with Gasteiger partial charge in [-0.3, -0.25) is 9.69 Å². The zero-order chi connectivity index (χ0) is 31.7. The summed E-state index contributed by atoms with van der Waals surface area (Å²) in [5.74, 6) is -0.160. The Bertz CT molecular complexity index is 1680. The van der Waals surface area contributed by atoms with E-state index < -0.39 is 30.3 Å². The molecule has 2 aliphatic rings. The van der Waals surface area contributed by atoms with Gasteiger partial charge in [-0.1, -0.05) is 29.8 Å². The van der Waals surface area contributed by atoms with E-state index in [0.29, 0.717) is 47.5 Å². The molecule has 2 aromatic heterocycles. The van der Waals surface area contributed by atoms with E-state index >= 15 is 0 Å². The van der Waals surface area contributed by atoms with Gasteiger partial charge in [0, 0.05) is 38.8 Å². The molecule has 1 atom stereocenters. The van der Waals surface area contributed by atoms with E-state index in [0.717, 1.165) is 30.8 Å². The Labute approximate surface area is 259 Å². The Morgan fingerprint density at radius 3 is 2.49 bits per heavy atom. The second-order valence-electron chi connectivity index (χ2n) is 10.7. The Morgan fingerprint density at radius 2 is 1.80 bits per heavy atom. The average molecular weight is 651 g/mol. The third-order valence-electron chi connectivity index (χ3n) is 7.83. The molecular weight excluding hydrogens is 623 g/mol. The molecule has 0 aliphatic carbocycles. The fourth-order valence-corrected chi connectivity index (χ4v) is 5.96.